The van der Waals surface area contributed by atoms with Crippen LogP contribution in [0.2, 0.25) is 0 Å². The van der Waals surface area contributed by atoms with Gasteiger partial charge < -0.3 is 19.1 Å². The summed E-state index contributed by atoms with van der Waals surface area (Å²) < 4.78 is 16.1. The number of rotatable bonds is 4. The average molecular weight is 341 g/mol. The van der Waals surface area contributed by atoms with Crippen LogP contribution >= 0.6 is 0 Å². The van der Waals surface area contributed by atoms with Gasteiger partial charge >= 0.3 is 0 Å². The largest absolute Gasteiger partial charge is 0.493 e. The van der Waals surface area contributed by atoms with Gasteiger partial charge in [0.05, 0.1) is 21.3 Å². The van der Waals surface area contributed by atoms with E-state index in [2.05, 4.69) is 19.1 Å². The summed E-state index contributed by atoms with van der Waals surface area (Å²) in [6.07, 6.45) is 0.854. The Morgan fingerprint density at radius 2 is 1.60 bits per heavy atom. The molecule has 5 heteroatoms. The first-order valence-electron chi connectivity index (χ1n) is 8.26. The normalized spacial score (nSPS) is 16.2. The van der Waals surface area contributed by atoms with Crippen LogP contribution in [0.5, 0.6) is 17.2 Å². The van der Waals surface area contributed by atoms with Crippen molar-refractivity contribution < 1.29 is 19.0 Å². The summed E-state index contributed by atoms with van der Waals surface area (Å²) in [5.74, 6) is 1.41. The summed E-state index contributed by atoms with van der Waals surface area (Å²) in [5, 5.41) is 0. The van der Waals surface area contributed by atoms with Crippen LogP contribution in [0.1, 0.15) is 28.4 Å². The molecule has 0 fully saturated rings. The number of amides is 1. The minimum atomic E-state index is -0.0405. The molecule has 2 aromatic carbocycles. The molecule has 1 atom stereocenters. The van der Waals surface area contributed by atoms with Gasteiger partial charge in [-0.2, -0.15) is 0 Å². The molecule has 1 heterocycles. The molecule has 132 valence electrons. The Balaban J connectivity index is 1.96. The molecule has 0 aromatic heterocycles. The number of methoxy groups -OCH3 is 3. The molecule has 2 aromatic rings. The van der Waals surface area contributed by atoms with Crippen molar-refractivity contribution in [2.45, 2.75) is 25.9 Å². The fourth-order valence-electron chi connectivity index (χ4n) is 3.32. The molecule has 1 aliphatic heterocycles. The van der Waals surface area contributed by atoms with Gasteiger partial charge in [0.1, 0.15) is 0 Å². The van der Waals surface area contributed by atoms with Crippen LogP contribution in [0, 0.1) is 0 Å². The first-order valence-corrected chi connectivity index (χ1v) is 8.26. The topological polar surface area (TPSA) is 48.0 Å². The van der Waals surface area contributed by atoms with Gasteiger partial charge in [-0.1, -0.05) is 24.3 Å². The second-order valence-electron chi connectivity index (χ2n) is 6.17. The SMILES string of the molecule is COc1cc(C(=O)N2Cc3ccccc3C[C@@H]2C)cc(OC)c1OC. The van der Waals surface area contributed by atoms with Crippen molar-refractivity contribution in [3.63, 3.8) is 0 Å². The first-order chi connectivity index (χ1) is 12.1. The average Bonchev–Trinajstić information content (AvgIpc) is 2.65. The number of ether oxygens (including phenoxy) is 3. The lowest BCUT2D eigenvalue weighted by Gasteiger charge is -2.35. The van der Waals surface area contributed by atoms with Gasteiger partial charge in [-0.15, -0.1) is 0 Å². The quantitative estimate of drug-likeness (QED) is 0.856. The van der Waals surface area contributed by atoms with Gasteiger partial charge in [-0.3, -0.25) is 4.79 Å². The van der Waals surface area contributed by atoms with Crippen molar-refractivity contribution in [2.24, 2.45) is 0 Å². The number of hydrogen-bond donors (Lipinski definition) is 0. The highest BCUT2D eigenvalue weighted by molar-refractivity contribution is 5.96. The minimum absolute atomic E-state index is 0.0405. The van der Waals surface area contributed by atoms with E-state index < -0.39 is 0 Å². The summed E-state index contributed by atoms with van der Waals surface area (Å²) in [5.41, 5.74) is 3.03. The number of hydrogen-bond acceptors (Lipinski definition) is 4. The Kier molecular flexibility index (Phi) is 4.83. The molecule has 0 saturated heterocycles. The van der Waals surface area contributed by atoms with Gasteiger partial charge in [0.15, 0.2) is 11.5 Å². The molecule has 0 N–H and O–H groups in total. The third-order valence-electron chi connectivity index (χ3n) is 4.68. The van der Waals surface area contributed by atoms with Gasteiger partial charge in [-0.25, -0.2) is 0 Å². The summed E-state index contributed by atoms with van der Waals surface area (Å²) in [6.45, 7) is 2.68. The van der Waals surface area contributed by atoms with E-state index in [1.54, 1.807) is 33.5 Å². The highest BCUT2D eigenvalue weighted by Crippen LogP contribution is 2.39. The van der Waals surface area contributed by atoms with Crippen molar-refractivity contribution in [2.75, 3.05) is 21.3 Å². The van der Waals surface area contributed by atoms with Crippen LogP contribution in [0.3, 0.4) is 0 Å². The monoisotopic (exact) mass is 341 g/mol. The van der Waals surface area contributed by atoms with Crippen LogP contribution in [-0.4, -0.2) is 38.2 Å². The molecule has 0 aliphatic carbocycles. The molecular weight excluding hydrogens is 318 g/mol. The molecule has 3 rings (SSSR count). The zero-order valence-corrected chi connectivity index (χ0v) is 15.0. The summed E-state index contributed by atoms with van der Waals surface area (Å²) in [4.78, 5) is 15.0. The maximum Gasteiger partial charge on any atom is 0.254 e. The van der Waals surface area contributed by atoms with E-state index in [9.17, 15) is 4.79 Å². The fourth-order valence-corrected chi connectivity index (χ4v) is 3.32. The van der Waals surface area contributed by atoms with Gasteiger partial charge in [0.25, 0.3) is 5.91 Å². The molecule has 1 aliphatic rings. The number of carbonyl (C=O) groups excluding carboxylic acids is 1. The molecule has 0 unspecified atom stereocenters. The molecule has 0 spiro atoms. The molecule has 0 bridgehead atoms. The highest BCUT2D eigenvalue weighted by Gasteiger charge is 2.28. The smallest absolute Gasteiger partial charge is 0.254 e. The standard InChI is InChI=1S/C20H23NO4/c1-13-9-14-7-5-6-8-15(14)12-21(13)20(22)16-10-17(23-2)19(25-4)18(11-16)24-3/h5-8,10-11,13H,9,12H2,1-4H3/t13-/m0/s1. The Bertz CT molecular complexity index is 762. The van der Waals surface area contributed by atoms with Crippen molar-refractivity contribution in [3.05, 3.63) is 53.1 Å². The molecular formula is C20H23NO4. The Morgan fingerprint density at radius 3 is 2.16 bits per heavy atom. The zero-order valence-electron chi connectivity index (χ0n) is 15.0. The third-order valence-corrected chi connectivity index (χ3v) is 4.68. The van der Waals surface area contributed by atoms with E-state index in [1.807, 2.05) is 17.0 Å². The second kappa shape index (κ2) is 7.05. The van der Waals surface area contributed by atoms with E-state index in [0.29, 0.717) is 29.4 Å². The van der Waals surface area contributed by atoms with Crippen LogP contribution in [0.25, 0.3) is 0 Å². The van der Waals surface area contributed by atoms with Crippen molar-refractivity contribution >= 4 is 5.91 Å². The molecule has 0 saturated carbocycles. The predicted molar refractivity (Wildman–Crippen MR) is 95.6 cm³/mol. The van der Waals surface area contributed by atoms with E-state index in [0.717, 1.165) is 6.42 Å². The van der Waals surface area contributed by atoms with Crippen molar-refractivity contribution in [1.82, 2.24) is 4.90 Å². The Morgan fingerprint density at radius 1 is 1.00 bits per heavy atom. The predicted octanol–water partition coefficient (Wildman–Crippen LogP) is 3.30. The second-order valence-corrected chi connectivity index (χ2v) is 6.17. The van der Waals surface area contributed by atoms with E-state index in [-0.39, 0.29) is 11.9 Å². The van der Waals surface area contributed by atoms with E-state index in [4.69, 9.17) is 14.2 Å². The number of nitrogens with zero attached hydrogens (tertiary/aromatic N) is 1. The molecule has 1 amide bonds. The first kappa shape index (κ1) is 17.1. The van der Waals surface area contributed by atoms with Crippen LogP contribution in [0.15, 0.2) is 36.4 Å². The maximum atomic E-state index is 13.1. The van der Waals surface area contributed by atoms with Gasteiger partial charge in [-0.05, 0) is 36.6 Å². The van der Waals surface area contributed by atoms with Gasteiger partial charge in [0, 0.05) is 18.2 Å². The molecule has 25 heavy (non-hydrogen) atoms. The lowest BCUT2D eigenvalue weighted by molar-refractivity contribution is 0.0657. The van der Waals surface area contributed by atoms with Crippen molar-refractivity contribution in [3.8, 4) is 17.2 Å². The minimum Gasteiger partial charge on any atom is -0.493 e. The lowest BCUT2D eigenvalue weighted by atomic mass is 9.94. The zero-order chi connectivity index (χ0) is 18.0. The fraction of sp³-hybridized carbons (Fsp3) is 0.350. The van der Waals surface area contributed by atoms with Crippen LogP contribution < -0.4 is 14.2 Å². The highest BCUT2D eigenvalue weighted by atomic mass is 16.5. The molecule has 5 nitrogen and oxygen atoms in total. The van der Waals surface area contributed by atoms with Crippen LogP contribution in [-0.2, 0) is 13.0 Å². The number of benzene rings is 2. The number of carbonyl (C=O) groups is 1. The maximum absolute atomic E-state index is 13.1. The molecule has 0 radical (unpaired) electrons. The number of fused-ring (bicyclic) bond motifs is 1. The summed E-state index contributed by atoms with van der Waals surface area (Å²) in [7, 11) is 4.64. The Labute approximate surface area is 148 Å². The van der Waals surface area contributed by atoms with Crippen LogP contribution in [0.4, 0.5) is 0 Å². The lowest BCUT2D eigenvalue weighted by Crippen LogP contribution is -2.42. The van der Waals surface area contributed by atoms with E-state index in [1.165, 1.54) is 11.1 Å². The van der Waals surface area contributed by atoms with E-state index >= 15 is 0 Å². The Hall–Kier alpha value is -2.69. The summed E-state index contributed by atoms with van der Waals surface area (Å²) in [6, 6.07) is 11.8. The van der Waals surface area contributed by atoms with Gasteiger partial charge in [0.2, 0.25) is 5.75 Å². The van der Waals surface area contributed by atoms with Crippen molar-refractivity contribution in [1.29, 1.82) is 0 Å². The third kappa shape index (κ3) is 3.14. The summed E-state index contributed by atoms with van der Waals surface area (Å²) >= 11 is 0.